The monoisotopic (exact) mass is 280 g/mol. The van der Waals surface area contributed by atoms with Crippen LogP contribution >= 0.6 is 31.9 Å². The number of halogens is 2. The molecule has 1 N–H and O–H groups in total. The fourth-order valence-electron chi connectivity index (χ4n) is 0.805. The average Bonchev–Trinajstić information content (AvgIpc) is 1.94. The maximum Gasteiger partial charge on any atom is 0.153 e. The molecule has 1 aliphatic rings. The molecule has 11 heavy (non-hydrogen) atoms. The largest absolute Gasteiger partial charge is 0.508 e. The van der Waals surface area contributed by atoms with Crippen LogP contribution in [0.2, 0.25) is 0 Å². The van der Waals surface area contributed by atoms with Crippen molar-refractivity contribution in [3.8, 4) is 0 Å². The average molecular weight is 282 g/mol. The van der Waals surface area contributed by atoms with Crippen molar-refractivity contribution in [2.24, 2.45) is 0 Å². The smallest absolute Gasteiger partial charge is 0.153 e. The van der Waals surface area contributed by atoms with Crippen LogP contribution in [-0.2, 0) is 4.79 Å². The first-order valence-electron chi connectivity index (χ1n) is 3.00. The molecule has 0 unspecified atom stereocenters. The summed E-state index contributed by atoms with van der Waals surface area (Å²) in [7, 11) is 0. The van der Waals surface area contributed by atoms with Gasteiger partial charge in [0.25, 0.3) is 0 Å². The van der Waals surface area contributed by atoms with Crippen molar-refractivity contribution in [1.29, 1.82) is 0 Å². The first-order valence-corrected chi connectivity index (χ1v) is 4.59. The van der Waals surface area contributed by atoms with Gasteiger partial charge in [-0.2, -0.15) is 0 Å². The minimum atomic E-state index is -0.373. The normalized spacial score (nSPS) is 22.0. The van der Waals surface area contributed by atoms with Crippen LogP contribution < -0.4 is 0 Å². The second-order valence-electron chi connectivity index (χ2n) is 2.27. The number of aldehydes is 1. The van der Waals surface area contributed by atoms with Gasteiger partial charge in [0.15, 0.2) is 6.29 Å². The number of carbonyl (C=O) groups is 1. The molecule has 0 amide bonds. The molecule has 60 valence electrons. The highest BCUT2D eigenvalue weighted by molar-refractivity contribution is 9.25. The number of hydrogen-bond donors (Lipinski definition) is 1. The van der Waals surface area contributed by atoms with Crippen LogP contribution in [0.15, 0.2) is 23.5 Å². The molecule has 0 fully saturated rings. The Labute approximate surface area is 81.2 Å². The number of hydrogen-bond acceptors (Lipinski definition) is 2. The number of rotatable bonds is 1. The summed E-state index contributed by atoms with van der Waals surface area (Å²) >= 11 is 6.65. The molecule has 0 saturated heterocycles. The number of alkyl halides is 2. The van der Waals surface area contributed by atoms with Crippen LogP contribution in [0.3, 0.4) is 0 Å². The summed E-state index contributed by atoms with van der Waals surface area (Å²) in [6.07, 6.45) is 4.47. The van der Waals surface area contributed by atoms with E-state index in [0.717, 1.165) is 0 Å². The minimum Gasteiger partial charge on any atom is -0.508 e. The van der Waals surface area contributed by atoms with E-state index < -0.39 is 0 Å². The third-order valence-corrected chi connectivity index (χ3v) is 2.46. The van der Waals surface area contributed by atoms with Crippen molar-refractivity contribution < 1.29 is 9.90 Å². The number of carbonyl (C=O) groups excluding carboxylic acids is 1. The van der Waals surface area contributed by atoms with E-state index in [1.165, 1.54) is 0 Å². The van der Waals surface area contributed by atoms with Gasteiger partial charge in [-0.05, 0) is 18.6 Å². The van der Waals surface area contributed by atoms with E-state index in [9.17, 15) is 4.79 Å². The second-order valence-corrected chi connectivity index (χ2v) is 6.17. The summed E-state index contributed by atoms with van der Waals surface area (Å²) < 4.78 is -0.373. The molecule has 4 heteroatoms. The third kappa shape index (κ3) is 2.17. The fraction of sp³-hybridized carbons (Fsp3) is 0.286. The molecule has 0 saturated carbocycles. The molecule has 0 heterocycles. The number of aliphatic hydroxyl groups is 1. The molecule has 0 radical (unpaired) electrons. The Balaban J connectivity index is 2.95. The first-order chi connectivity index (χ1) is 5.05. The molecular weight excluding hydrogens is 276 g/mol. The van der Waals surface area contributed by atoms with Crippen LogP contribution in [0, 0.1) is 0 Å². The van der Waals surface area contributed by atoms with Crippen molar-refractivity contribution in [2.45, 2.75) is 9.65 Å². The van der Waals surface area contributed by atoms with Crippen LogP contribution in [0.1, 0.15) is 6.42 Å². The molecule has 0 bridgehead atoms. The second kappa shape index (κ2) is 3.11. The van der Waals surface area contributed by atoms with Gasteiger partial charge in [-0.1, -0.05) is 31.9 Å². The zero-order chi connectivity index (χ0) is 8.48. The first kappa shape index (κ1) is 9.00. The lowest BCUT2D eigenvalue weighted by Crippen LogP contribution is -2.12. The third-order valence-electron chi connectivity index (χ3n) is 1.36. The van der Waals surface area contributed by atoms with E-state index >= 15 is 0 Å². The highest BCUT2D eigenvalue weighted by Crippen LogP contribution is 2.37. The molecule has 0 aliphatic heterocycles. The molecule has 0 aromatic carbocycles. The predicted octanol–water partition coefficient (Wildman–Crippen LogP) is 2.44. The van der Waals surface area contributed by atoms with Crippen molar-refractivity contribution >= 4 is 38.1 Å². The van der Waals surface area contributed by atoms with Gasteiger partial charge in [-0.25, -0.2) is 0 Å². The lowest BCUT2D eigenvalue weighted by molar-refractivity contribution is -0.104. The summed E-state index contributed by atoms with van der Waals surface area (Å²) in [6.45, 7) is 0. The van der Waals surface area contributed by atoms with Crippen molar-refractivity contribution in [3.05, 3.63) is 23.5 Å². The zero-order valence-corrected chi connectivity index (χ0v) is 8.72. The van der Waals surface area contributed by atoms with Gasteiger partial charge in [0, 0.05) is 0 Å². The van der Waals surface area contributed by atoms with Crippen molar-refractivity contribution in [1.82, 2.24) is 0 Å². The Kier molecular flexibility index (Phi) is 2.54. The molecular formula is C7H6Br2O2. The van der Waals surface area contributed by atoms with E-state index in [2.05, 4.69) is 31.9 Å². The van der Waals surface area contributed by atoms with Gasteiger partial charge >= 0.3 is 0 Å². The Morgan fingerprint density at radius 1 is 1.64 bits per heavy atom. The van der Waals surface area contributed by atoms with Crippen LogP contribution in [0.4, 0.5) is 0 Å². The zero-order valence-electron chi connectivity index (χ0n) is 5.55. The maximum atomic E-state index is 10.3. The van der Waals surface area contributed by atoms with E-state index in [0.29, 0.717) is 18.3 Å². The Hall–Kier alpha value is -0.0900. The van der Waals surface area contributed by atoms with Crippen LogP contribution in [0.25, 0.3) is 0 Å². The highest BCUT2D eigenvalue weighted by atomic mass is 79.9. The lowest BCUT2D eigenvalue weighted by Gasteiger charge is -2.18. The summed E-state index contributed by atoms with van der Waals surface area (Å²) in [5, 5.41) is 9.12. The molecule has 0 atom stereocenters. The lowest BCUT2D eigenvalue weighted by atomic mass is 10.1. The van der Waals surface area contributed by atoms with Gasteiger partial charge in [-0.3, -0.25) is 4.79 Å². The van der Waals surface area contributed by atoms with Gasteiger partial charge in [0.1, 0.15) is 8.99 Å². The van der Waals surface area contributed by atoms with Crippen molar-refractivity contribution in [2.75, 3.05) is 0 Å². The summed E-state index contributed by atoms with van der Waals surface area (Å²) in [5.41, 5.74) is 0.310. The van der Waals surface area contributed by atoms with Gasteiger partial charge in [0.05, 0.1) is 5.57 Å². The van der Waals surface area contributed by atoms with E-state index in [1.54, 1.807) is 12.2 Å². The summed E-state index contributed by atoms with van der Waals surface area (Å²) in [5.74, 6) is 0.0505. The SMILES string of the molecule is O=CC1=CC(Br)(Br)CC=C1O. The number of allylic oxidation sites excluding steroid dienone is 3. The van der Waals surface area contributed by atoms with E-state index in [-0.39, 0.29) is 8.99 Å². The highest BCUT2D eigenvalue weighted by Gasteiger charge is 2.24. The standard InChI is InChI=1S/C7H6Br2O2/c8-7(9)2-1-6(11)5(3-7)4-10/h1,3-4,11H,2H2. The molecule has 0 aromatic heterocycles. The van der Waals surface area contributed by atoms with Gasteiger partial charge in [-0.15, -0.1) is 0 Å². The molecule has 0 spiro atoms. The molecule has 2 nitrogen and oxygen atoms in total. The van der Waals surface area contributed by atoms with E-state index in [4.69, 9.17) is 5.11 Å². The summed E-state index contributed by atoms with van der Waals surface area (Å²) in [6, 6.07) is 0. The quantitative estimate of drug-likeness (QED) is 0.592. The van der Waals surface area contributed by atoms with E-state index in [1.807, 2.05) is 0 Å². The Morgan fingerprint density at radius 3 is 2.73 bits per heavy atom. The van der Waals surface area contributed by atoms with Gasteiger partial charge in [0.2, 0.25) is 0 Å². The molecule has 1 rings (SSSR count). The molecule has 0 aromatic rings. The topological polar surface area (TPSA) is 37.3 Å². The van der Waals surface area contributed by atoms with Crippen LogP contribution in [0.5, 0.6) is 0 Å². The fourth-order valence-corrected chi connectivity index (χ4v) is 1.62. The maximum absolute atomic E-state index is 10.3. The predicted molar refractivity (Wildman–Crippen MR) is 50.1 cm³/mol. The summed E-state index contributed by atoms with van der Waals surface area (Å²) in [4.78, 5) is 10.3. The number of aliphatic hydroxyl groups excluding tert-OH is 1. The Morgan fingerprint density at radius 2 is 2.27 bits per heavy atom. The minimum absolute atomic E-state index is 0.0505. The Bertz CT molecular complexity index is 241. The van der Waals surface area contributed by atoms with Crippen LogP contribution in [-0.4, -0.2) is 14.6 Å². The van der Waals surface area contributed by atoms with Gasteiger partial charge < -0.3 is 5.11 Å². The van der Waals surface area contributed by atoms with Crippen molar-refractivity contribution in [3.63, 3.8) is 0 Å². The molecule has 1 aliphatic carbocycles.